The van der Waals surface area contributed by atoms with Gasteiger partial charge in [-0.2, -0.15) is 0 Å². The number of likely N-dealkylation sites (tertiary alicyclic amines) is 2. The highest BCUT2D eigenvalue weighted by Gasteiger charge is 2.31. The van der Waals surface area contributed by atoms with Crippen molar-refractivity contribution in [1.82, 2.24) is 9.80 Å². The molecule has 0 unspecified atom stereocenters. The van der Waals surface area contributed by atoms with Gasteiger partial charge in [-0.1, -0.05) is 29.8 Å². The fraction of sp³-hybridized carbons (Fsp3) is 0.571. The third kappa shape index (κ3) is 4.51. The zero-order chi connectivity index (χ0) is 18.5. The summed E-state index contributed by atoms with van der Waals surface area (Å²) in [6.45, 7) is 5.01. The van der Waals surface area contributed by atoms with E-state index in [1.54, 1.807) is 0 Å². The van der Waals surface area contributed by atoms with E-state index in [4.69, 9.17) is 0 Å². The zero-order valence-corrected chi connectivity index (χ0v) is 15.6. The molecule has 3 rings (SSSR count). The molecular weight excluding hydrogens is 328 g/mol. The molecule has 2 heterocycles. The fourth-order valence-corrected chi connectivity index (χ4v) is 3.83. The number of hydrogen-bond acceptors (Lipinski definition) is 3. The molecule has 0 N–H and O–H groups in total. The smallest absolute Gasteiger partial charge is 0.225 e. The number of rotatable bonds is 5. The third-order valence-corrected chi connectivity index (χ3v) is 5.55. The molecular formula is C21H28N2O3. The van der Waals surface area contributed by atoms with Gasteiger partial charge in [0, 0.05) is 50.5 Å². The molecule has 2 amide bonds. The van der Waals surface area contributed by atoms with Crippen LogP contribution in [0.3, 0.4) is 0 Å². The minimum Gasteiger partial charge on any atom is -0.343 e. The minimum absolute atomic E-state index is 0.0115. The van der Waals surface area contributed by atoms with Gasteiger partial charge in [0.05, 0.1) is 0 Å². The third-order valence-electron chi connectivity index (χ3n) is 5.55. The van der Waals surface area contributed by atoms with Crippen LogP contribution in [0.5, 0.6) is 0 Å². The van der Waals surface area contributed by atoms with Crippen LogP contribution >= 0.6 is 0 Å². The predicted molar refractivity (Wildman–Crippen MR) is 99.9 cm³/mol. The molecule has 0 saturated carbocycles. The number of amides is 2. The summed E-state index contributed by atoms with van der Waals surface area (Å²) in [6.07, 6.45) is 4.20. The summed E-state index contributed by atoms with van der Waals surface area (Å²) in [5.41, 5.74) is 1.78. The van der Waals surface area contributed by atoms with Crippen molar-refractivity contribution in [3.63, 3.8) is 0 Å². The average molecular weight is 356 g/mol. The van der Waals surface area contributed by atoms with Gasteiger partial charge in [0.25, 0.3) is 0 Å². The highest BCUT2D eigenvalue weighted by atomic mass is 16.2. The number of piperidine rings is 1. The first-order valence-electron chi connectivity index (χ1n) is 9.71. The number of Topliss-reactive ketones (excluding diaryl/α,β-unsaturated/α-hetero) is 1. The van der Waals surface area contributed by atoms with Crippen molar-refractivity contribution in [3.8, 4) is 0 Å². The number of aryl methyl sites for hydroxylation is 1. The maximum atomic E-state index is 12.5. The molecule has 2 saturated heterocycles. The molecule has 5 nitrogen and oxygen atoms in total. The lowest BCUT2D eigenvalue weighted by atomic mass is 9.95. The first-order chi connectivity index (χ1) is 12.5. The Morgan fingerprint density at radius 1 is 0.885 bits per heavy atom. The highest BCUT2D eigenvalue weighted by Crippen LogP contribution is 2.22. The van der Waals surface area contributed by atoms with Crippen molar-refractivity contribution >= 4 is 17.6 Å². The van der Waals surface area contributed by atoms with Crippen LogP contribution in [0.25, 0.3) is 0 Å². The van der Waals surface area contributed by atoms with Crippen molar-refractivity contribution in [2.45, 2.75) is 45.4 Å². The van der Waals surface area contributed by atoms with Gasteiger partial charge in [-0.05, 0) is 32.6 Å². The van der Waals surface area contributed by atoms with E-state index in [2.05, 4.69) is 0 Å². The summed E-state index contributed by atoms with van der Waals surface area (Å²) in [7, 11) is 0. The molecule has 0 atom stereocenters. The number of benzene rings is 1. The Labute approximate surface area is 155 Å². The summed E-state index contributed by atoms with van der Waals surface area (Å²) in [5, 5.41) is 0. The molecule has 0 radical (unpaired) electrons. The van der Waals surface area contributed by atoms with Gasteiger partial charge in [-0.25, -0.2) is 0 Å². The topological polar surface area (TPSA) is 57.7 Å². The highest BCUT2D eigenvalue weighted by molar-refractivity contribution is 5.98. The molecule has 1 aromatic rings. The van der Waals surface area contributed by atoms with Gasteiger partial charge >= 0.3 is 0 Å². The Balaban J connectivity index is 1.42. The maximum Gasteiger partial charge on any atom is 0.225 e. The summed E-state index contributed by atoms with van der Waals surface area (Å²) >= 11 is 0. The van der Waals surface area contributed by atoms with Crippen LogP contribution in [0, 0.1) is 12.8 Å². The van der Waals surface area contributed by atoms with E-state index in [9.17, 15) is 14.4 Å². The van der Waals surface area contributed by atoms with Crippen molar-refractivity contribution in [1.29, 1.82) is 0 Å². The molecule has 5 heteroatoms. The average Bonchev–Trinajstić information content (AvgIpc) is 3.20. The van der Waals surface area contributed by atoms with E-state index in [-0.39, 0.29) is 36.4 Å². The van der Waals surface area contributed by atoms with Crippen LogP contribution in [0.15, 0.2) is 24.3 Å². The van der Waals surface area contributed by atoms with Gasteiger partial charge in [0.1, 0.15) is 0 Å². The Hall–Kier alpha value is -2.17. The number of carbonyl (C=O) groups excluding carboxylic acids is 3. The van der Waals surface area contributed by atoms with Gasteiger partial charge in [0.15, 0.2) is 5.78 Å². The standard InChI is InChI=1S/C21H28N2O3/c1-16-4-6-17(7-5-16)19(24)8-9-20(25)22-14-10-18(11-15-22)21(26)23-12-2-3-13-23/h4-7,18H,2-3,8-15H2,1H3. The van der Waals surface area contributed by atoms with Gasteiger partial charge in [-0.3, -0.25) is 14.4 Å². The Morgan fingerprint density at radius 3 is 2.12 bits per heavy atom. The summed E-state index contributed by atoms with van der Waals surface area (Å²) < 4.78 is 0. The largest absolute Gasteiger partial charge is 0.343 e. The predicted octanol–water partition coefficient (Wildman–Crippen LogP) is 2.82. The molecule has 0 aliphatic carbocycles. The van der Waals surface area contributed by atoms with Crippen LogP contribution < -0.4 is 0 Å². The molecule has 2 fully saturated rings. The van der Waals surface area contributed by atoms with Crippen molar-refractivity contribution in [2.24, 2.45) is 5.92 Å². The summed E-state index contributed by atoms with van der Waals surface area (Å²) in [6, 6.07) is 7.46. The number of ketones is 1. The second-order valence-corrected chi connectivity index (χ2v) is 7.48. The van der Waals surface area contributed by atoms with E-state index < -0.39 is 0 Å². The molecule has 0 aromatic heterocycles. The zero-order valence-electron chi connectivity index (χ0n) is 15.6. The molecule has 0 bridgehead atoms. The minimum atomic E-state index is 0.0115. The quantitative estimate of drug-likeness (QED) is 0.762. The number of carbonyl (C=O) groups is 3. The molecule has 26 heavy (non-hydrogen) atoms. The van der Waals surface area contributed by atoms with E-state index in [0.717, 1.165) is 44.3 Å². The Bertz CT molecular complexity index is 654. The van der Waals surface area contributed by atoms with Gasteiger partial charge < -0.3 is 9.80 Å². The number of nitrogens with zero attached hydrogens (tertiary/aromatic N) is 2. The van der Waals surface area contributed by atoms with Crippen LogP contribution in [0.2, 0.25) is 0 Å². The first kappa shape index (κ1) is 18.6. The lowest BCUT2D eigenvalue weighted by molar-refractivity contribution is -0.140. The molecule has 2 aliphatic heterocycles. The monoisotopic (exact) mass is 356 g/mol. The van der Waals surface area contributed by atoms with Gasteiger partial charge in [0.2, 0.25) is 11.8 Å². The first-order valence-corrected chi connectivity index (χ1v) is 9.71. The normalized spacial score (nSPS) is 18.2. The number of hydrogen-bond donors (Lipinski definition) is 0. The second kappa shape index (κ2) is 8.47. The van der Waals surface area contributed by atoms with Crippen LogP contribution in [-0.4, -0.2) is 53.6 Å². The Morgan fingerprint density at radius 2 is 1.50 bits per heavy atom. The van der Waals surface area contributed by atoms with Crippen LogP contribution in [-0.2, 0) is 9.59 Å². The second-order valence-electron chi connectivity index (χ2n) is 7.48. The molecule has 2 aliphatic rings. The molecule has 1 aromatic carbocycles. The van der Waals surface area contributed by atoms with E-state index in [0.29, 0.717) is 18.7 Å². The van der Waals surface area contributed by atoms with E-state index >= 15 is 0 Å². The summed E-state index contributed by atoms with van der Waals surface area (Å²) in [5.74, 6) is 0.366. The maximum absolute atomic E-state index is 12.5. The van der Waals surface area contributed by atoms with Gasteiger partial charge in [-0.15, -0.1) is 0 Å². The van der Waals surface area contributed by atoms with Crippen LogP contribution in [0.4, 0.5) is 0 Å². The van der Waals surface area contributed by atoms with Crippen LogP contribution in [0.1, 0.15) is 54.4 Å². The lowest BCUT2D eigenvalue weighted by Gasteiger charge is -2.33. The van der Waals surface area contributed by atoms with E-state index in [1.807, 2.05) is 41.0 Å². The fourth-order valence-electron chi connectivity index (χ4n) is 3.83. The van der Waals surface area contributed by atoms with Crippen molar-refractivity contribution in [3.05, 3.63) is 35.4 Å². The Kier molecular flexibility index (Phi) is 6.07. The molecule has 140 valence electrons. The van der Waals surface area contributed by atoms with Crippen molar-refractivity contribution < 1.29 is 14.4 Å². The lowest BCUT2D eigenvalue weighted by Crippen LogP contribution is -2.43. The van der Waals surface area contributed by atoms with Crippen molar-refractivity contribution in [2.75, 3.05) is 26.2 Å². The molecule has 0 spiro atoms. The SMILES string of the molecule is Cc1ccc(C(=O)CCC(=O)N2CCC(C(=O)N3CCCC3)CC2)cc1. The van der Waals surface area contributed by atoms with E-state index in [1.165, 1.54) is 0 Å². The summed E-state index contributed by atoms with van der Waals surface area (Å²) in [4.78, 5) is 40.9.